The van der Waals surface area contributed by atoms with Crippen LogP contribution in [0.25, 0.3) is 17.1 Å². The summed E-state index contributed by atoms with van der Waals surface area (Å²) in [6, 6.07) is 37.7. The molecule has 6 heterocycles. The van der Waals surface area contributed by atoms with Crippen molar-refractivity contribution in [1.82, 2.24) is 43.8 Å². The van der Waals surface area contributed by atoms with E-state index in [1.54, 1.807) is 21.9 Å². The van der Waals surface area contributed by atoms with Gasteiger partial charge in [-0.05, 0) is 75.4 Å². The molecule has 3 aliphatic rings. The molecule has 13 nitrogen and oxygen atoms in total. The lowest BCUT2D eigenvalue weighted by Crippen LogP contribution is -2.40. The number of urea groups is 1. The van der Waals surface area contributed by atoms with E-state index in [2.05, 4.69) is 87.8 Å². The van der Waals surface area contributed by atoms with Crippen molar-refractivity contribution in [3.05, 3.63) is 173 Å². The molecule has 0 fully saturated rings. The topological polar surface area (TPSA) is 127 Å². The third-order valence-corrected chi connectivity index (χ3v) is 11.0. The fraction of sp³-hybridized carbons (Fsp3) is 0.271. The molecular weight excluding hydrogens is 800 g/mol. The zero-order valence-electron chi connectivity index (χ0n) is 35.2. The molecule has 3 aliphatic heterocycles. The van der Waals surface area contributed by atoms with Crippen LogP contribution in [-0.4, -0.2) is 75.8 Å². The summed E-state index contributed by atoms with van der Waals surface area (Å²) in [6.45, 7) is 9.89. The SMILES string of the molecule is CC(C)(C)OC(=O)N1CCc2c(ncn2-c2ccccc2)C1.O=C(Nc1cccc(Cl)c1)N1CCc2c(ncn2-c2ccccc2)C1.c1ccc(-n2cnc3c2CCNC3)cc1. The predicted molar refractivity (Wildman–Crippen MR) is 241 cm³/mol. The molecule has 0 saturated carbocycles. The van der Waals surface area contributed by atoms with Gasteiger partial charge < -0.3 is 38.9 Å². The third-order valence-electron chi connectivity index (χ3n) is 10.7. The maximum atomic E-state index is 12.5. The average Bonchev–Trinajstić information content (AvgIpc) is 4.04. The van der Waals surface area contributed by atoms with Crippen molar-refractivity contribution in [2.24, 2.45) is 0 Å². The van der Waals surface area contributed by atoms with Gasteiger partial charge in [-0.2, -0.15) is 0 Å². The highest BCUT2D eigenvalue weighted by Crippen LogP contribution is 2.25. The first kappa shape index (κ1) is 42.0. The molecule has 0 radical (unpaired) electrons. The second-order valence-electron chi connectivity index (χ2n) is 16.2. The molecule has 4 aromatic carbocycles. The quantitative estimate of drug-likeness (QED) is 0.181. The van der Waals surface area contributed by atoms with Crippen LogP contribution < -0.4 is 10.6 Å². The second kappa shape index (κ2) is 18.9. The number of hydrogen-bond acceptors (Lipinski definition) is 7. The van der Waals surface area contributed by atoms with E-state index >= 15 is 0 Å². The summed E-state index contributed by atoms with van der Waals surface area (Å²) < 4.78 is 11.8. The van der Waals surface area contributed by atoms with Gasteiger partial charge in [0.25, 0.3) is 0 Å². The molecule has 318 valence electrons. The lowest BCUT2D eigenvalue weighted by atomic mass is 10.1. The van der Waals surface area contributed by atoms with Crippen molar-refractivity contribution in [3.8, 4) is 17.1 Å². The van der Waals surface area contributed by atoms with Gasteiger partial charge in [0, 0.05) is 90.3 Å². The van der Waals surface area contributed by atoms with Crippen molar-refractivity contribution in [2.75, 3.05) is 25.0 Å². The van der Waals surface area contributed by atoms with Gasteiger partial charge in [-0.15, -0.1) is 0 Å². The van der Waals surface area contributed by atoms with Crippen LogP contribution in [0.2, 0.25) is 5.02 Å². The number of fused-ring (bicyclic) bond motifs is 3. The zero-order valence-corrected chi connectivity index (χ0v) is 36.0. The van der Waals surface area contributed by atoms with Crippen LogP contribution in [0.3, 0.4) is 0 Å². The standard InChI is InChI=1S/C19H17ClN4O.C17H21N3O2.C12H13N3/c20-14-5-4-6-15(11-14)22-19(25)23-10-9-18-17(12-23)21-13-24(18)16-7-2-1-3-8-16;1-17(2,3)22-16(21)19-10-9-15-14(11-19)18-12-20(15)13-7-5-4-6-8-13;1-2-4-10(5-3-1)15-9-14-11-8-13-7-6-12(11)15/h1-8,11,13H,9-10,12H2,(H,22,25);4-8,12H,9-11H2,1-3H3;1-5,9,13H,6-8H2. The van der Waals surface area contributed by atoms with Gasteiger partial charge in [0.2, 0.25) is 0 Å². The van der Waals surface area contributed by atoms with E-state index in [1.807, 2.05) is 94.4 Å². The molecule has 62 heavy (non-hydrogen) atoms. The minimum Gasteiger partial charge on any atom is -0.444 e. The summed E-state index contributed by atoms with van der Waals surface area (Å²) in [5.74, 6) is 0. The van der Waals surface area contributed by atoms with Crippen LogP contribution in [0.4, 0.5) is 15.3 Å². The number of carbonyl (C=O) groups is 2. The molecule has 2 N–H and O–H groups in total. The minimum absolute atomic E-state index is 0.137. The smallest absolute Gasteiger partial charge is 0.410 e. The number of aromatic nitrogens is 6. The van der Waals surface area contributed by atoms with E-state index in [-0.39, 0.29) is 12.1 Å². The molecule has 3 amide bonds. The maximum absolute atomic E-state index is 12.5. The summed E-state index contributed by atoms with van der Waals surface area (Å²) in [7, 11) is 0. The molecule has 0 aliphatic carbocycles. The van der Waals surface area contributed by atoms with Gasteiger partial charge in [-0.25, -0.2) is 24.5 Å². The summed E-state index contributed by atoms with van der Waals surface area (Å²) in [5.41, 5.74) is 10.4. The Labute approximate surface area is 367 Å². The minimum atomic E-state index is -0.471. The Morgan fingerprint density at radius 2 is 1.11 bits per heavy atom. The molecular formula is C48H51ClN10O3. The highest BCUT2D eigenvalue weighted by Gasteiger charge is 2.29. The van der Waals surface area contributed by atoms with E-state index in [0.29, 0.717) is 36.9 Å². The number of anilines is 1. The number of halogens is 1. The van der Waals surface area contributed by atoms with Gasteiger partial charge in [0.05, 0.1) is 49.2 Å². The predicted octanol–water partition coefficient (Wildman–Crippen LogP) is 8.80. The van der Waals surface area contributed by atoms with Gasteiger partial charge in [-0.3, -0.25) is 0 Å². The Balaban J connectivity index is 0.000000132. The maximum Gasteiger partial charge on any atom is 0.410 e. The first-order valence-corrected chi connectivity index (χ1v) is 21.3. The number of para-hydroxylation sites is 3. The molecule has 0 spiro atoms. The van der Waals surface area contributed by atoms with Crippen LogP contribution in [0.5, 0.6) is 0 Å². The number of nitrogens with one attached hydrogen (secondary N) is 2. The molecule has 14 heteroatoms. The van der Waals surface area contributed by atoms with E-state index in [1.165, 1.54) is 22.8 Å². The van der Waals surface area contributed by atoms with Gasteiger partial charge in [-0.1, -0.05) is 72.3 Å². The fourth-order valence-corrected chi connectivity index (χ4v) is 7.90. The first-order chi connectivity index (χ1) is 30.1. The monoisotopic (exact) mass is 850 g/mol. The number of benzene rings is 4. The number of imidazole rings is 3. The molecule has 7 aromatic rings. The van der Waals surface area contributed by atoms with Gasteiger partial charge in [0.1, 0.15) is 5.60 Å². The van der Waals surface area contributed by atoms with Crippen LogP contribution in [0.1, 0.15) is 54.9 Å². The fourth-order valence-electron chi connectivity index (χ4n) is 7.71. The summed E-state index contributed by atoms with van der Waals surface area (Å²) >= 11 is 5.96. The molecule has 0 saturated heterocycles. The summed E-state index contributed by atoms with van der Waals surface area (Å²) in [5, 5.41) is 6.82. The second-order valence-corrected chi connectivity index (χ2v) is 16.7. The van der Waals surface area contributed by atoms with Crippen LogP contribution >= 0.6 is 11.6 Å². The van der Waals surface area contributed by atoms with Crippen molar-refractivity contribution in [3.63, 3.8) is 0 Å². The van der Waals surface area contributed by atoms with Crippen LogP contribution in [0, 0.1) is 0 Å². The lowest BCUT2D eigenvalue weighted by Gasteiger charge is -2.30. The van der Waals surface area contributed by atoms with E-state index in [0.717, 1.165) is 60.8 Å². The Morgan fingerprint density at radius 1 is 0.629 bits per heavy atom. The number of ether oxygens (including phenoxy) is 1. The molecule has 0 unspecified atom stereocenters. The summed E-state index contributed by atoms with van der Waals surface area (Å²) in [4.78, 5) is 41.6. The number of amides is 3. The highest BCUT2D eigenvalue weighted by molar-refractivity contribution is 6.30. The average molecular weight is 851 g/mol. The first-order valence-electron chi connectivity index (χ1n) is 20.9. The molecule has 3 aromatic heterocycles. The molecule has 0 bridgehead atoms. The van der Waals surface area contributed by atoms with Crippen molar-refractivity contribution in [1.29, 1.82) is 0 Å². The Hall–Kier alpha value is -6.70. The number of nitrogens with zero attached hydrogens (tertiary/aromatic N) is 8. The third kappa shape index (κ3) is 10.1. The van der Waals surface area contributed by atoms with E-state index < -0.39 is 5.60 Å². The van der Waals surface area contributed by atoms with Crippen molar-refractivity contribution < 1.29 is 14.3 Å². The van der Waals surface area contributed by atoms with Crippen LogP contribution in [0.15, 0.2) is 134 Å². The highest BCUT2D eigenvalue weighted by atomic mass is 35.5. The Bertz CT molecular complexity index is 2600. The molecule has 10 rings (SSSR count). The van der Waals surface area contributed by atoms with Gasteiger partial charge in [0.15, 0.2) is 0 Å². The Kier molecular flexibility index (Phi) is 12.8. The largest absolute Gasteiger partial charge is 0.444 e. The van der Waals surface area contributed by atoms with Crippen molar-refractivity contribution >= 4 is 29.4 Å². The normalized spacial score (nSPS) is 14.2. The number of hydrogen-bond donors (Lipinski definition) is 2. The lowest BCUT2D eigenvalue weighted by molar-refractivity contribution is 0.0220. The zero-order chi connectivity index (χ0) is 43.1. The van der Waals surface area contributed by atoms with Gasteiger partial charge >= 0.3 is 12.1 Å². The van der Waals surface area contributed by atoms with Crippen molar-refractivity contribution in [2.45, 2.75) is 65.3 Å². The van der Waals surface area contributed by atoms with E-state index in [4.69, 9.17) is 16.3 Å². The number of rotatable bonds is 4. The Morgan fingerprint density at radius 3 is 1.63 bits per heavy atom. The van der Waals surface area contributed by atoms with E-state index in [9.17, 15) is 9.59 Å². The number of carbonyl (C=O) groups excluding carboxylic acids is 2. The van der Waals surface area contributed by atoms with Crippen LogP contribution in [-0.2, 0) is 43.6 Å². The molecule has 0 atom stereocenters. The summed E-state index contributed by atoms with van der Waals surface area (Å²) in [6.07, 6.45) is 7.93.